The number of anilines is 2. The van der Waals surface area contributed by atoms with E-state index >= 15 is 38.4 Å². The summed E-state index contributed by atoms with van der Waals surface area (Å²) >= 11 is 0. The Hall–Kier alpha value is -7.42. The highest BCUT2D eigenvalue weighted by Crippen LogP contribution is 2.59. The van der Waals surface area contributed by atoms with E-state index in [2.05, 4.69) is 152 Å². The Bertz CT molecular complexity index is 4780. The van der Waals surface area contributed by atoms with Crippen molar-refractivity contribution >= 4 is 132 Å². The molecule has 42 heteroatoms. The molecule has 14 N–H and O–H groups in total. The van der Waals surface area contributed by atoms with E-state index in [-0.39, 0.29) is 85.4 Å². The number of hydrogen-bond acceptors (Lipinski definition) is 26. The standard InChI is InChI=1S/C108H192N14O22Si6/c1-41-149(42-2,43-3)143-107-57-81(97(131)132)119(93(127)85(67(19)139-145(33,34)103(21,22)23)117-89(123)77(51-61(7)8)113-91(125)79-55-71(141-147(37,38)105(27,28)29)59-111-121(79)95(129)87(65(15)16)137-99(135)83(109)63(11)12)101(107)115-75-49-47-69(53-73(75)107)70-48-50-76-74(54-70)108(144-150(44-4,45-5)46-6)58-82(98(133)134)120(102(108)116-76)94(128)86(68(20)140-146(35,36)104(24,25)26)118-90(124)78(52-62(9)10)114-92(126)80-56-72(142-148(39,40)106(30,31)32)60-112-122(80)96(130)88(66(17)18)138-100(136)84(110)64(13)14/h47-50,53-54,61-68,71-72,77-88,101-102,111-112,115-116H,41-46,51-52,55-60,109-110H2,1-40H3,(H,113,125)(H,114,126)(H,117,123)(H,118,124)(H,131,132)(H,133,134)/t67-,68-,71+,72+,77-,78-,79+,80+,81-,82-,83+,84+,85+,86+,87-,88-,101-,102-,107+,108+/m0/s1. The third-order valence-electron chi connectivity index (χ3n) is 34.4. The largest absolute Gasteiger partial charge is 0.480 e. The molecular formula is C108H192N14O22Si6. The SMILES string of the molecule is CC[Si](CC)(CC)O[C@@]12C[C@@H](C(=O)O)N(C(=O)[C@H](NC(=O)[C@H](CC(C)C)NC(=O)[C@H]3C[C@@H](O[Si](C)(C)C(C)(C)C)CNN3C(=O)[C@@H](OC(=O)[C@H](N)C(C)C)C(C)C)[C@H](C)O[Si](C)(C)C(C)(C)C)[C@@H]1Nc1ccc(-c3ccc4c(c3)[C@]3(O[Si](CC)(CC)CC)C[C@@H](C(=O)O)N(C(=O)[C@H](NC(=O)[C@H](CC(C)C)NC(=O)[C@H]5C[C@@H](O[Si](C)(C)C(C)(C)C)CNN5C(=O)[C@@H](OC(=O)[C@H](N)C(C)C)C(C)C)[C@H](C)O[Si](C)(C)C(C)(C)C)[C@@H]3N4)cc12. The Kier molecular flexibility index (Phi) is 41.9. The second-order valence-corrected chi connectivity index (χ2v) is 80.0. The van der Waals surface area contributed by atoms with Crippen molar-refractivity contribution in [3.05, 3.63) is 47.5 Å². The van der Waals surface area contributed by atoms with Crippen LogP contribution in [0.15, 0.2) is 36.4 Å². The molecule has 20 atom stereocenters. The van der Waals surface area contributed by atoms with Gasteiger partial charge >= 0.3 is 23.9 Å². The van der Waals surface area contributed by atoms with Crippen molar-refractivity contribution in [2.75, 3.05) is 23.7 Å². The number of carboxylic acid groups (broad SMARTS) is 2. The van der Waals surface area contributed by atoms with Crippen LogP contribution < -0.4 is 54.2 Å². The lowest BCUT2D eigenvalue weighted by atomic mass is 9.87. The predicted octanol–water partition coefficient (Wildman–Crippen LogP) is 15.6. The molecule has 6 heterocycles. The number of hydrogen-bond donors (Lipinski definition) is 12. The molecular weight excluding hydrogens is 2010 g/mol. The fourth-order valence-electron chi connectivity index (χ4n) is 20.3. The summed E-state index contributed by atoms with van der Waals surface area (Å²) in [6, 6.07) is 0.891. The summed E-state index contributed by atoms with van der Waals surface area (Å²) < 4.78 is 55.9. The molecule has 4 saturated heterocycles. The quantitative estimate of drug-likeness (QED) is 0.0216. The number of rotatable bonds is 47. The molecule has 2 aromatic carbocycles. The second kappa shape index (κ2) is 49.2. The number of benzene rings is 2. The molecule has 0 saturated carbocycles. The highest BCUT2D eigenvalue weighted by molar-refractivity contribution is 6.76. The van der Waals surface area contributed by atoms with Crippen molar-refractivity contribution < 1.29 is 104 Å². The highest BCUT2D eigenvalue weighted by Gasteiger charge is 2.68. The van der Waals surface area contributed by atoms with Crippen LogP contribution in [-0.2, 0) is 105 Å². The number of hydrazine groups is 2. The van der Waals surface area contributed by atoms with E-state index in [9.17, 15) is 29.4 Å². The number of carbonyl (C=O) groups is 12. The molecule has 850 valence electrons. The van der Waals surface area contributed by atoms with Crippen LogP contribution in [0.4, 0.5) is 11.4 Å². The smallest absolute Gasteiger partial charge is 0.326 e. The molecule has 6 aliphatic rings. The van der Waals surface area contributed by atoms with Gasteiger partial charge in [0.05, 0.1) is 24.4 Å². The maximum Gasteiger partial charge on any atom is 0.326 e. The van der Waals surface area contributed by atoms with Crippen molar-refractivity contribution in [1.82, 2.24) is 51.9 Å². The number of esters is 2. The molecule has 8 amide bonds. The van der Waals surface area contributed by atoms with Crippen LogP contribution in [0.1, 0.15) is 271 Å². The summed E-state index contributed by atoms with van der Waals surface area (Å²) in [5.41, 5.74) is 19.1. The number of fused-ring (bicyclic) bond motifs is 6. The van der Waals surface area contributed by atoms with Crippen molar-refractivity contribution in [3.8, 4) is 11.1 Å². The highest BCUT2D eigenvalue weighted by atomic mass is 28.4. The maximum atomic E-state index is 17.0. The van der Waals surface area contributed by atoms with Gasteiger partial charge in [-0.05, 0) is 206 Å². The molecule has 0 aromatic heterocycles. The fourth-order valence-corrected chi connectivity index (χ4v) is 31.9. The Morgan fingerprint density at radius 2 is 0.713 bits per heavy atom. The Labute approximate surface area is 901 Å². The molecule has 0 bridgehead atoms. The zero-order chi connectivity index (χ0) is 114. The van der Waals surface area contributed by atoms with E-state index in [1.807, 2.05) is 132 Å². The van der Waals surface area contributed by atoms with Gasteiger partial charge < -0.3 is 99.4 Å². The average Bonchev–Trinajstić information content (AvgIpc) is 1.54. The normalized spacial score (nSPS) is 23.6. The molecule has 2 aromatic rings. The number of amides is 8. The van der Waals surface area contributed by atoms with Crippen LogP contribution in [0.25, 0.3) is 11.1 Å². The van der Waals surface area contributed by atoms with E-state index in [0.29, 0.717) is 69.9 Å². The second-order valence-electron chi connectivity index (χ2n) is 51.6. The van der Waals surface area contributed by atoms with E-state index in [1.165, 1.54) is 19.8 Å². The number of nitrogens with two attached hydrogens (primary N) is 2. The first-order valence-electron chi connectivity index (χ1n) is 55.2. The van der Waals surface area contributed by atoms with Crippen LogP contribution in [0.3, 0.4) is 0 Å². The van der Waals surface area contributed by atoms with Gasteiger partial charge in [-0.3, -0.25) is 58.0 Å². The minimum atomic E-state index is -2.97. The lowest BCUT2D eigenvalue weighted by molar-refractivity contribution is -0.171. The lowest BCUT2D eigenvalue weighted by Crippen LogP contribution is -2.67. The first-order chi connectivity index (χ1) is 68.9. The van der Waals surface area contributed by atoms with E-state index < -0.39 is 264 Å². The minimum absolute atomic E-state index is 0.0159. The lowest BCUT2D eigenvalue weighted by Gasteiger charge is -2.45. The van der Waals surface area contributed by atoms with Crippen LogP contribution in [0.5, 0.6) is 0 Å². The molecule has 0 aliphatic carbocycles. The number of aliphatic carboxylic acids is 2. The Morgan fingerprint density at radius 3 is 0.967 bits per heavy atom. The Morgan fingerprint density at radius 1 is 0.420 bits per heavy atom. The first-order valence-corrected chi connectivity index (χ1v) is 71.9. The topological polar surface area (TPSA) is 480 Å². The summed E-state index contributed by atoms with van der Waals surface area (Å²) in [7, 11) is -17.0. The number of ether oxygens (including phenoxy) is 2. The molecule has 150 heavy (non-hydrogen) atoms. The Balaban J connectivity index is 1.25. The molecule has 0 unspecified atom stereocenters. The summed E-state index contributed by atoms with van der Waals surface area (Å²) in [6.45, 7) is 78.5. The number of carbonyl (C=O) groups excluding carboxylic acids is 10. The third-order valence-corrected chi connectivity index (χ3v) is 61.9. The van der Waals surface area contributed by atoms with Crippen molar-refractivity contribution in [1.29, 1.82) is 0 Å². The summed E-state index contributed by atoms with van der Waals surface area (Å²) in [4.78, 5) is 187. The zero-order valence-electron chi connectivity index (χ0n) is 98.2. The van der Waals surface area contributed by atoms with Gasteiger partial charge in [0.1, 0.15) is 84.0 Å². The van der Waals surface area contributed by atoms with Gasteiger partial charge in [-0.25, -0.2) is 20.4 Å². The van der Waals surface area contributed by atoms with Crippen LogP contribution >= 0.6 is 0 Å². The number of nitrogens with zero attached hydrogens (tertiary/aromatic N) is 4. The molecule has 4 fully saturated rings. The minimum Gasteiger partial charge on any atom is -0.480 e. The van der Waals surface area contributed by atoms with Crippen LogP contribution in [0.2, 0.25) is 109 Å². The molecule has 0 spiro atoms. The summed E-state index contributed by atoms with van der Waals surface area (Å²) in [5.74, 6) is -12.9. The van der Waals surface area contributed by atoms with Gasteiger partial charge in [0.2, 0.25) is 35.4 Å². The van der Waals surface area contributed by atoms with Gasteiger partial charge in [0.15, 0.2) is 62.1 Å². The van der Waals surface area contributed by atoms with Gasteiger partial charge in [0, 0.05) is 61.3 Å². The molecule has 6 aliphatic heterocycles. The third kappa shape index (κ3) is 28.0. The van der Waals surface area contributed by atoms with Gasteiger partial charge in [-0.15, -0.1) is 0 Å². The first kappa shape index (κ1) is 128. The molecule has 0 radical (unpaired) electrons. The summed E-state index contributed by atoms with van der Waals surface area (Å²) in [5, 5.41) is 44.4. The molecule has 36 nitrogen and oxygen atoms in total. The zero-order valence-corrected chi connectivity index (χ0v) is 104. The van der Waals surface area contributed by atoms with Crippen LogP contribution in [-0.4, -0.2) is 274 Å². The van der Waals surface area contributed by atoms with Crippen molar-refractivity contribution in [3.63, 3.8) is 0 Å². The van der Waals surface area contributed by atoms with Gasteiger partial charge in [-0.1, -0.05) is 220 Å². The molecule has 8 rings (SSSR count). The van der Waals surface area contributed by atoms with Gasteiger partial charge in [0.25, 0.3) is 11.8 Å². The number of carboxylic acids is 2. The van der Waals surface area contributed by atoms with Gasteiger partial charge in [-0.2, -0.15) is 0 Å². The van der Waals surface area contributed by atoms with Crippen molar-refractivity contribution in [2.24, 2.45) is 47.0 Å². The summed E-state index contributed by atoms with van der Waals surface area (Å²) in [6.07, 6.45) is -9.40. The average molecular weight is 2210 g/mol. The monoisotopic (exact) mass is 2210 g/mol. The van der Waals surface area contributed by atoms with Crippen LogP contribution in [0, 0.1) is 35.5 Å². The predicted molar refractivity (Wildman–Crippen MR) is 600 cm³/mol. The number of likely N-dealkylation sites (tertiary alicyclic amines) is 2. The number of nitrogens with one attached hydrogen (secondary N) is 8. The van der Waals surface area contributed by atoms with Crippen molar-refractivity contribution in [2.45, 2.75) is 489 Å². The van der Waals surface area contributed by atoms with E-state index in [0.717, 1.165) is 0 Å². The maximum absolute atomic E-state index is 17.0. The fraction of sp³-hybridized carbons (Fsp3) is 0.778. The van der Waals surface area contributed by atoms with E-state index in [4.69, 9.17) is 47.5 Å². The van der Waals surface area contributed by atoms with E-state index in [1.54, 1.807) is 69.2 Å².